The summed E-state index contributed by atoms with van der Waals surface area (Å²) in [5, 5.41) is 0. The third kappa shape index (κ3) is 1.54. The predicted molar refractivity (Wildman–Crippen MR) is 45.5 cm³/mol. The van der Waals surface area contributed by atoms with E-state index < -0.39 is 5.76 Å². The normalized spacial score (nSPS) is 10.4. The Balaban J connectivity index is 3.59. The van der Waals surface area contributed by atoms with Crippen LogP contribution < -0.4 is 16.0 Å². The minimum Gasteiger partial charge on any atom is -0.358 e. The van der Waals surface area contributed by atoms with Crippen molar-refractivity contribution in [2.24, 2.45) is 0 Å². The van der Waals surface area contributed by atoms with Crippen LogP contribution in [0.2, 0.25) is 0 Å². The van der Waals surface area contributed by atoms with Gasteiger partial charge in [-0.2, -0.15) is 14.2 Å². The highest BCUT2D eigenvalue weighted by atomic mass is 16.4. The van der Waals surface area contributed by atoms with Crippen molar-refractivity contribution in [3.05, 3.63) is 26.9 Å². The van der Waals surface area contributed by atoms with Gasteiger partial charge in [-0.25, -0.2) is 0 Å². The fraction of sp³-hybridized carbons (Fsp3) is 0.625. The molecule has 1 aromatic heterocycles. The molecule has 1 rings (SSSR count). The van der Waals surface area contributed by atoms with Gasteiger partial charge in [0.25, 0.3) is 5.89 Å². The van der Waals surface area contributed by atoms with Crippen molar-refractivity contribution in [1.82, 2.24) is 4.57 Å². The molecule has 0 N–H and O–H groups in total. The average Bonchev–Trinajstić information content (AvgIpc) is 2.04. The van der Waals surface area contributed by atoms with E-state index in [-0.39, 0.29) is 5.69 Å². The molecule has 1 heterocycles. The first-order chi connectivity index (χ1) is 6.11. The lowest BCUT2D eigenvalue weighted by atomic mass is 10.6. The lowest BCUT2D eigenvalue weighted by molar-refractivity contribution is -0.729. The van der Waals surface area contributed by atoms with Gasteiger partial charge in [-0.3, -0.25) is 0 Å². The minimum absolute atomic E-state index is 0.307. The van der Waals surface area contributed by atoms with Crippen LogP contribution in [0.15, 0.2) is 14.0 Å². The molecule has 0 aliphatic rings. The molecule has 13 heavy (non-hydrogen) atoms. The van der Waals surface area contributed by atoms with Gasteiger partial charge in [0.2, 0.25) is 0 Å². The van der Waals surface area contributed by atoms with Gasteiger partial charge in [-0.1, -0.05) is 0 Å². The fourth-order valence-electron chi connectivity index (χ4n) is 1.22. The molecule has 0 spiro atoms. The summed E-state index contributed by atoms with van der Waals surface area (Å²) >= 11 is 0. The van der Waals surface area contributed by atoms with Gasteiger partial charge in [0.1, 0.15) is 0 Å². The lowest BCUT2D eigenvalue weighted by Gasteiger charge is -1.98. The molecule has 0 unspecified atom stereocenters. The maximum Gasteiger partial charge on any atom is 0.517 e. The van der Waals surface area contributed by atoms with E-state index >= 15 is 0 Å². The number of rotatable bonds is 2. The van der Waals surface area contributed by atoms with Crippen LogP contribution in [0.3, 0.4) is 0 Å². The molecule has 0 aliphatic carbocycles. The molecule has 0 amide bonds. The van der Waals surface area contributed by atoms with Crippen molar-refractivity contribution in [2.75, 3.05) is 0 Å². The molecule has 0 radical (unpaired) electrons. The maximum absolute atomic E-state index is 11.5. The van der Waals surface area contributed by atoms with E-state index in [1.165, 1.54) is 4.57 Å². The van der Waals surface area contributed by atoms with Gasteiger partial charge in [-0.05, 0) is 13.8 Å². The molecule has 5 heteroatoms. The first-order valence-corrected chi connectivity index (χ1v) is 4.26. The van der Waals surface area contributed by atoms with Crippen LogP contribution in [-0.4, -0.2) is 4.57 Å². The van der Waals surface area contributed by atoms with E-state index in [9.17, 15) is 9.59 Å². The van der Waals surface area contributed by atoms with E-state index in [4.69, 9.17) is 4.42 Å². The number of hydrogen-bond acceptors (Lipinski definition) is 3. The first-order valence-electron chi connectivity index (χ1n) is 4.26. The standard InChI is InChI=1S/C8H13N2O3/c1-4-9-6(3)13-8(12)10(5-2)7(9)11/h4-5H2,1-3H3/q+1. The van der Waals surface area contributed by atoms with Crippen molar-refractivity contribution in [1.29, 1.82) is 0 Å². The average molecular weight is 185 g/mol. The van der Waals surface area contributed by atoms with Crippen LogP contribution in [0.5, 0.6) is 0 Å². The summed E-state index contributed by atoms with van der Waals surface area (Å²) in [5.41, 5.74) is -0.307. The smallest absolute Gasteiger partial charge is 0.358 e. The molecule has 0 aromatic carbocycles. The van der Waals surface area contributed by atoms with Crippen molar-refractivity contribution in [3.63, 3.8) is 0 Å². The Morgan fingerprint density at radius 2 is 2.00 bits per heavy atom. The maximum atomic E-state index is 11.5. The highest BCUT2D eigenvalue weighted by Crippen LogP contribution is 1.78. The zero-order chi connectivity index (χ0) is 10.0. The molecule has 0 saturated carbocycles. The summed E-state index contributed by atoms with van der Waals surface area (Å²) in [6, 6.07) is 0. The molecule has 0 bridgehead atoms. The summed E-state index contributed by atoms with van der Waals surface area (Å²) in [6.45, 7) is 6.00. The monoisotopic (exact) mass is 185 g/mol. The third-order valence-electron chi connectivity index (χ3n) is 1.93. The fourth-order valence-corrected chi connectivity index (χ4v) is 1.22. The van der Waals surface area contributed by atoms with Crippen LogP contribution >= 0.6 is 0 Å². The van der Waals surface area contributed by atoms with E-state index in [0.717, 1.165) is 4.57 Å². The van der Waals surface area contributed by atoms with E-state index in [1.54, 1.807) is 13.8 Å². The Kier molecular flexibility index (Phi) is 2.65. The second-order valence-electron chi connectivity index (χ2n) is 2.66. The SMILES string of the molecule is CCn1c(=O)oc(C)[n+](CC)c1=O. The minimum atomic E-state index is -0.588. The van der Waals surface area contributed by atoms with E-state index in [2.05, 4.69) is 0 Å². The number of aryl methyl sites for hydroxylation is 1. The number of hydrogen-bond donors (Lipinski definition) is 0. The molecule has 1 aromatic rings. The van der Waals surface area contributed by atoms with Gasteiger partial charge < -0.3 is 4.42 Å². The molecule has 0 atom stereocenters. The van der Waals surface area contributed by atoms with Gasteiger partial charge >= 0.3 is 11.4 Å². The second-order valence-corrected chi connectivity index (χ2v) is 2.66. The third-order valence-corrected chi connectivity index (χ3v) is 1.93. The number of aromatic nitrogens is 2. The van der Waals surface area contributed by atoms with Crippen molar-refractivity contribution >= 4 is 0 Å². The first kappa shape index (κ1) is 9.70. The highest BCUT2D eigenvalue weighted by Gasteiger charge is 2.16. The Bertz CT molecular complexity index is 416. The zero-order valence-electron chi connectivity index (χ0n) is 8.03. The summed E-state index contributed by atoms with van der Waals surface area (Å²) in [5.74, 6) is -0.239. The molecule has 72 valence electrons. The predicted octanol–water partition coefficient (Wildman–Crippen LogP) is -0.563. The Labute approximate surface area is 75.2 Å². The largest absolute Gasteiger partial charge is 0.517 e. The van der Waals surface area contributed by atoms with Crippen molar-refractivity contribution < 1.29 is 8.98 Å². The summed E-state index contributed by atoms with van der Waals surface area (Å²) < 4.78 is 7.36. The number of nitrogens with zero attached hydrogens (tertiary/aromatic N) is 2. The van der Waals surface area contributed by atoms with Crippen LogP contribution in [0.1, 0.15) is 19.7 Å². The van der Waals surface area contributed by atoms with Gasteiger partial charge in [0.15, 0.2) is 0 Å². The van der Waals surface area contributed by atoms with Gasteiger partial charge in [0, 0.05) is 6.92 Å². The van der Waals surface area contributed by atoms with Crippen molar-refractivity contribution in [3.8, 4) is 0 Å². The molecule has 0 aliphatic heterocycles. The second kappa shape index (κ2) is 3.55. The quantitative estimate of drug-likeness (QED) is 0.580. The molecule has 5 nitrogen and oxygen atoms in total. The van der Waals surface area contributed by atoms with Crippen LogP contribution in [-0.2, 0) is 13.1 Å². The van der Waals surface area contributed by atoms with Crippen LogP contribution in [0, 0.1) is 6.92 Å². The molecular formula is C8H13N2O3+. The topological polar surface area (TPSA) is 56.1 Å². The Morgan fingerprint density at radius 1 is 1.38 bits per heavy atom. The Hall–Kier alpha value is -1.39. The van der Waals surface area contributed by atoms with Gasteiger partial charge in [-0.15, -0.1) is 4.57 Å². The Morgan fingerprint density at radius 3 is 2.46 bits per heavy atom. The summed E-state index contributed by atoms with van der Waals surface area (Å²) in [7, 11) is 0. The molecule has 0 fully saturated rings. The van der Waals surface area contributed by atoms with Crippen LogP contribution in [0.4, 0.5) is 0 Å². The highest BCUT2D eigenvalue weighted by molar-refractivity contribution is 4.62. The zero-order valence-corrected chi connectivity index (χ0v) is 8.03. The van der Waals surface area contributed by atoms with Crippen molar-refractivity contribution in [2.45, 2.75) is 33.9 Å². The molecular weight excluding hydrogens is 172 g/mol. The van der Waals surface area contributed by atoms with E-state index in [1.807, 2.05) is 6.92 Å². The lowest BCUT2D eigenvalue weighted by Crippen LogP contribution is -2.58. The van der Waals surface area contributed by atoms with Gasteiger partial charge in [0.05, 0.1) is 13.1 Å². The van der Waals surface area contributed by atoms with Crippen LogP contribution in [0.25, 0.3) is 0 Å². The molecule has 0 saturated heterocycles. The summed E-state index contributed by atoms with van der Waals surface area (Å²) in [6.07, 6.45) is 0. The van der Waals surface area contributed by atoms with E-state index in [0.29, 0.717) is 19.0 Å². The summed E-state index contributed by atoms with van der Waals surface area (Å²) in [4.78, 5) is 22.7.